The third-order valence-electron chi connectivity index (χ3n) is 3.38. The van der Waals surface area contributed by atoms with Crippen LogP contribution < -0.4 is 5.32 Å². The molecule has 3 N–H and O–H groups in total. The van der Waals surface area contributed by atoms with Crippen molar-refractivity contribution in [1.29, 1.82) is 0 Å². The maximum atomic E-state index is 12.6. The van der Waals surface area contributed by atoms with Gasteiger partial charge in [0.05, 0.1) is 12.2 Å². The standard InChI is InChI=1S/C17H16N2O5/c20-13-6-7-14(15(21)8-13)18-17(22)19(16-10-23-11-24-16)9-12-4-2-1-3-5-12/h1-8,10,20-21H,9,11H2,(H,18,22). The number of ether oxygens (including phenoxy) is 2. The summed E-state index contributed by atoms with van der Waals surface area (Å²) >= 11 is 0. The van der Waals surface area contributed by atoms with Gasteiger partial charge in [0, 0.05) is 6.07 Å². The van der Waals surface area contributed by atoms with E-state index < -0.39 is 6.03 Å². The summed E-state index contributed by atoms with van der Waals surface area (Å²) in [6.07, 6.45) is 1.36. The minimum absolute atomic E-state index is 0.0400. The highest BCUT2D eigenvalue weighted by molar-refractivity contribution is 5.92. The molecule has 1 aliphatic heterocycles. The van der Waals surface area contributed by atoms with E-state index in [1.807, 2.05) is 30.3 Å². The first-order valence-electron chi connectivity index (χ1n) is 7.22. The molecule has 0 unspecified atom stereocenters. The highest BCUT2D eigenvalue weighted by atomic mass is 16.7. The Labute approximate surface area is 138 Å². The largest absolute Gasteiger partial charge is 0.508 e. The Morgan fingerprint density at radius 1 is 1.17 bits per heavy atom. The topological polar surface area (TPSA) is 91.3 Å². The first-order chi connectivity index (χ1) is 11.6. The van der Waals surface area contributed by atoms with Gasteiger partial charge in [-0.2, -0.15) is 0 Å². The van der Waals surface area contributed by atoms with E-state index in [9.17, 15) is 15.0 Å². The minimum Gasteiger partial charge on any atom is -0.508 e. The van der Waals surface area contributed by atoms with Crippen molar-refractivity contribution in [2.24, 2.45) is 0 Å². The summed E-state index contributed by atoms with van der Waals surface area (Å²) in [5, 5.41) is 21.7. The fourth-order valence-corrected chi connectivity index (χ4v) is 2.20. The van der Waals surface area contributed by atoms with Crippen molar-refractivity contribution >= 4 is 11.7 Å². The number of aromatic hydroxyl groups is 2. The van der Waals surface area contributed by atoms with Crippen LogP contribution in [-0.2, 0) is 16.0 Å². The lowest BCUT2D eigenvalue weighted by atomic mass is 10.2. The van der Waals surface area contributed by atoms with Crippen molar-refractivity contribution in [1.82, 2.24) is 4.90 Å². The highest BCUT2D eigenvalue weighted by Crippen LogP contribution is 2.28. The lowest BCUT2D eigenvalue weighted by Crippen LogP contribution is -2.34. The second-order valence-corrected chi connectivity index (χ2v) is 5.09. The number of nitrogens with one attached hydrogen (secondary N) is 1. The van der Waals surface area contributed by atoms with Gasteiger partial charge in [0.15, 0.2) is 0 Å². The maximum Gasteiger partial charge on any atom is 0.329 e. The van der Waals surface area contributed by atoms with Crippen LogP contribution in [0.2, 0.25) is 0 Å². The van der Waals surface area contributed by atoms with Gasteiger partial charge in [-0.15, -0.1) is 0 Å². The summed E-state index contributed by atoms with van der Waals surface area (Å²) in [6.45, 7) is 0.305. The Morgan fingerprint density at radius 2 is 1.96 bits per heavy atom. The number of anilines is 1. The third kappa shape index (κ3) is 3.52. The number of nitrogens with zero attached hydrogens (tertiary/aromatic N) is 1. The number of carbonyl (C=O) groups is 1. The Kier molecular flexibility index (Phi) is 4.42. The number of hydrogen-bond donors (Lipinski definition) is 3. The molecule has 0 radical (unpaired) electrons. The fraction of sp³-hybridized carbons (Fsp3) is 0.118. The van der Waals surface area contributed by atoms with Crippen LogP contribution in [0, 0.1) is 0 Å². The normalized spacial score (nSPS) is 12.8. The molecule has 7 heteroatoms. The van der Waals surface area contributed by atoms with Crippen LogP contribution in [0.25, 0.3) is 0 Å². The molecule has 124 valence electrons. The number of rotatable bonds is 4. The van der Waals surface area contributed by atoms with Gasteiger partial charge in [0.1, 0.15) is 17.8 Å². The molecule has 2 amide bonds. The number of benzene rings is 2. The van der Waals surface area contributed by atoms with Crippen LogP contribution in [0.15, 0.2) is 60.7 Å². The Morgan fingerprint density at radius 3 is 2.62 bits per heavy atom. The van der Waals surface area contributed by atoms with Gasteiger partial charge in [-0.05, 0) is 17.7 Å². The predicted molar refractivity (Wildman–Crippen MR) is 85.9 cm³/mol. The summed E-state index contributed by atoms with van der Waals surface area (Å²) in [7, 11) is 0. The number of amides is 2. The molecule has 0 spiro atoms. The van der Waals surface area contributed by atoms with Gasteiger partial charge in [0.25, 0.3) is 0 Å². The molecule has 2 aromatic rings. The van der Waals surface area contributed by atoms with E-state index in [1.54, 1.807) is 0 Å². The zero-order chi connectivity index (χ0) is 16.9. The molecule has 0 saturated carbocycles. The van der Waals surface area contributed by atoms with Crippen molar-refractivity contribution in [3.05, 3.63) is 66.2 Å². The Bertz CT molecular complexity index is 761. The van der Waals surface area contributed by atoms with E-state index in [1.165, 1.54) is 23.3 Å². The molecule has 3 rings (SSSR count). The van der Waals surface area contributed by atoms with Crippen molar-refractivity contribution < 1.29 is 24.5 Å². The first-order valence-corrected chi connectivity index (χ1v) is 7.22. The number of urea groups is 1. The summed E-state index contributed by atoms with van der Waals surface area (Å²) < 4.78 is 10.3. The predicted octanol–water partition coefficient (Wildman–Crippen LogP) is 2.94. The first kappa shape index (κ1) is 15.5. The van der Waals surface area contributed by atoms with Crippen LogP contribution in [0.3, 0.4) is 0 Å². The van der Waals surface area contributed by atoms with Gasteiger partial charge in [0.2, 0.25) is 12.7 Å². The molecule has 0 aliphatic carbocycles. The van der Waals surface area contributed by atoms with Crippen molar-refractivity contribution in [3.63, 3.8) is 0 Å². The molecule has 0 saturated heterocycles. The van der Waals surface area contributed by atoms with E-state index in [0.717, 1.165) is 11.6 Å². The summed E-state index contributed by atoms with van der Waals surface area (Å²) in [5.74, 6) is -0.0583. The van der Waals surface area contributed by atoms with Gasteiger partial charge >= 0.3 is 6.03 Å². The van der Waals surface area contributed by atoms with E-state index in [2.05, 4.69) is 5.32 Å². The number of phenols is 2. The maximum absolute atomic E-state index is 12.6. The van der Waals surface area contributed by atoms with E-state index in [0.29, 0.717) is 0 Å². The molecule has 1 aliphatic rings. The van der Waals surface area contributed by atoms with Gasteiger partial charge in [-0.25, -0.2) is 4.79 Å². The molecule has 0 aromatic heterocycles. The van der Waals surface area contributed by atoms with Crippen LogP contribution >= 0.6 is 0 Å². The smallest absolute Gasteiger partial charge is 0.329 e. The van der Waals surface area contributed by atoms with Crippen LogP contribution in [0.1, 0.15) is 5.56 Å². The molecular weight excluding hydrogens is 312 g/mol. The van der Waals surface area contributed by atoms with Crippen molar-refractivity contribution in [3.8, 4) is 11.5 Å². The summed E-state index contributed by atoms with van der Waals surface area (Å²) in [6, 6.07) is 12.8. The van der Waals surface area contributed by atoms with Crippen molar-refractivity contribution in [2.45, 2.75) is 6.54 Å². The van der Waals surface area contributed by atoms with E-state index in [-0.39, 0.29) is 36.4 Å². The van der Waals surface area contributed by atoms with Crippen LogP contribution in [0.4, 0.5) is 10.5 Å². The molecule has 0 atom stereocenters. The van der Waals surface area contributed by atoms with Crippen molar-refractivity contribution in [2.75, 3.05) is 12.1 Å². The number of carbonyl (C=O) groups excluding carboxylic acids is 1. The molecule has 24 heavy (non-hydrogen) atoms. The molecule has 0 fully saturated rings. The Balaban J connectivity index is 1.80. The summed E-state index contributed by atoms with van der Waals surface area (Å²) in [5.41, 5.74) is 1.08. The molecule has 2 aromatic carbocycles. The highest BCUT2D eigenvalue weighted by Gasteiger charge is 2.24. The fourth-order valence-electron chi connectivity index (χ4n) is 2.20. The van der Waals surface area contributed by atoms with Crippen LogP contribution in [0.5, 0.6) is 11.5 Å². The zero-order valence-electron chi connectivity index (χ0n) is 12.7. The molecule has 7 nitrogen and oxygen atoms in total. The average Bonchev–Trinajstić information content (AvgIpc) is 3.10. The van der Waals surface area contributed by atoms with Gasteiger partial charge < -0.3 is 25.0 Å². The van der Waals surface area contributed by atoms with E-state index >= 15 is 0 Å². The number of hydrogen-bond acceptors (Lipinski definition) is 5. The second-order valence-electron chi connectivity index (χ2n) is 5.09. The van der Waals surface area contributed by atoms with Crippen LogP contribution in [-0.4, -0.2) is 27.9 Å². The quantitative estimate of drug-likeness (QED) is 0.593. The minimum atomic E-state index is -0.503. The SMILES string of the molecule is O=C(Nc1ccc(O)cc1O)N(Cc1ccccc1)C1=COCO1. The monoisotopic (exact) mass is 328 g/mol. The van der Waals surface area contributed by atoms with Gasteiger partial charge in [-0.1, -0.05) is 30.3 Å². The lowest BCUT2D eigenvalue weighted by Gasteiger charge is -2.22. The average molecular weight is 328 g/mol. The third-order valence-corrected chi connectivity index (χ3v) is 3.38. The second kappa shape index (κ2) is 6.82. The number of phenolic OH excluding ortho intramolecular Hbond substituents is 2. The molecule has 0 bridgehead atoms. The zero-order valence-corrected chi connectivity index (χ0v) is 12.7. The molecule has 1 heterocycles. The Hall–Kier alpha value is -3.35. The summed E-state index contributed by atoms with van der Waals surface area (Å²) in [4.78, 5) is 14.0. The lowest BCUT2D eigenvalue weighted by molar-refractivity contribution is 0.0554. The van der Waals surface area contributed by atoms with Gasteiger partial charge in [-0.3, -0.25) is 4.90 Å². The molecular formula is C17H16N2O5. The van der Waals surface area contributed by atoms with E-state index in [4.69, 9.17) is 9.47 Å².